The molecule has 13 heavy (non-hydrogen) atoms. The van der Waals surface area contributed by atoms with Gasteiger partial charge < -0.3 is 15.2 Å². The van der Waals surface area contributed by atoms with Crippen LogP contribution in [0, 0.1) is 0 Å². The van der Waals surface area contributed by atoms with Gasteiger partial charge in [0.25, 0.3) is 0 Å². The number of rotatable bonds is 3. The molecule has 0 amide bonds. The Balaban J connectivity index is 3.06. The molecule has 1 aromatic rings. The zero-order chi connectivity index (χ0) is 9.84. The van der Waals surface area contributed by atoms with Gasteiger partial charge in [-0.3, -0.25) is 0 Å². The topological polar surface area (TPSA) is 44.5 Å². The first-order valence-electron chi connectivity index (χ1n) is 3.94. The van der Waals surface area contributed by atoms with Crippen LogP contribution in [-0.2, 0) is 0 Å². The minimum absolute atomic E-state index is 0.489. The molecule has 0 aromatic heterocycles. The van der Waals surface area contributed by atoms with Crippen LogP contribution in [0.5, 0.6) is 11.5 Å². The minimum Gasteiger partial charge on any atom is -0.495 e. The van der Waals surface area contributed by atoms with Crippen LogP contribution >= 0.6 is 11.6 Å². The fourth-order valence-corrected chi connectivity index (χ4v) is 1.24. The highest BCUT2D eigenvalue weighted by Crippen LogP contribution is 2.33. The third-order valence-corrected chi connectivity index (χ3v) is 1.88. The van der Waals surface area contributed by atoms with Crippen molar-refractivity contribution in [2.24, 2.45) is 0 Å². The van der Waals surface area contributed by atoms with E-state index < -0.39 is 0 Å². The molecule has 0 aliphatic heterocycles. The molecule has 0 aliphatic rings. The Morgan fingerprint density at radius 1 is 1.38 bits per heavy atom. The molecule has 1 rings (SSSR count). The smallest absolute Gasteiger partial charge is 0.145 e. The fourth-order valence-electron chi connectivity index (χ4n) is 0.987. The van der Waals surface area contributed by atoms with Gasteiger partial charge in [0.1, 0.15) is 11.5 Å². The Kier molecular flexibility index (Phi) is 3.25. The molecule has 0 heterocycles. The highest BCUT2D eigenvalue weighted by atomic mass is 35.5. The number of hydrogen-bond acceptors (Lipinski definition) is 3. The lowest BCUT2D eigenvalue weighted by molar-refractivity contribution is 0.338. The van der Waals surface area contributed by atoms with Gasteiger partial charge in [-0.05, 0) is 13.0 Å². The standard InChI is InChI=1S/C9H12ClNO2/c1-3-13-9-5-8(12-2)6(10)4-7(9)11/h4-5H,3,11H2,1-2H3. The summed E-state index contributed by atoms with van der Waals surface area (Å²) in [5.41, 5.74) is 6.19. The summed E-state index contributed by atoms with van der Waals surface area (Å²) >= 11 is 5.84. The fraction of sp³-hybridized carbons (Fsp3) is 0.333. The van der Waals surface area contributed by atoms with E-state index in [1.54, 1.807) is 19.2 Å². The normalized spacial score (nSPS) is 9.77. The van der Waals surface area contributed by atoms with E-state index >= 15 is 0 Å². The molecule has 1 aromatic carbocycles. The molecular weight excluding hydrogens is 190 g/mol. The molecule has 0 bridgehead atoms. The maximum atomic E-state index is 5.84. The number of halogens is 1. The molecule has 0 aliphatic carbocycles. The van der Waals surface area contributed by atoms with Crippen molar-refractivity contribution in [1.82, 2.24) is 0 Å². The lowest BCUT2D eigenvalue weighted by Crippen LogP contribution is -1.97. The van der Waals surface area contributed by atoms with E-state index in [0.717, 1.165) is 0 Å². The van der Waals surface area contributed by atoms with Crippen molar-refractivity contribution >= 4 is 17.3 Å². The monoisotopic (exact) mass is 201 g/mol. The molecule has 2 N–H and O–H groups in total. The van der Waals surface area contributed by atoms with Gasteiger partial charge in [0.05, 0.1) is 24.4 Å². The van der Waals surface area contributed by atoms with Crippen molar-refractivity contribution in [2.45, 2.75) is 6.92 Å². The summed E-state index contributed by atoms with van der Waals surface area (Å²) in [4.78, 5) is 0. The van der Waals surface area contributed by atoms with Gasteiger partial charge in [-0.1, -0.05) is 11.6 Å². The summed E-state index contributed by atoms with van der Waals surface area (Å²) in [6, 6.07) is 3.30. The molecule has 0 atom stereocenters. The molecule has 0 spiro atoms. The third kappa shape index (κ3) is 2.18. The second kappa shape index (κ2) is 4.23. The van der Waals surface area contributed by atoms with Crippen LogP contribution in [0.3, 0.4) is 0 Å². The van der Waals surface area contributed by atoms with Crippen LogP contribution in [-0.4, -0.2) is 13.7 Å². The van der Waals surface area contributed by atoms with Crippen LogP contribution in [0.1, 0.15) is 6.92 Å². The summed E-state index contributed by atoms with van der Waals surface area (Å²) in [6.45, 7) is 2.45. The van der Waals surface area contributed by atoms with E-state index in [1.165, 1.54) is 0 Å². The molecule has 4 heteroatoms. The first-order chi connectivity index (χ1) is 6.19. The predicted octanol–water partition coefficient (Wildman–Crippen LogP) is 2.33. The summed E-state index contributed by atoms with van der Waals surface area (Å²) in [7, 11) is 1.55. The molecule has 3 nitrogen and oxygen atoms in total. The molecule has 0 unspecified atom stereocenters. The average molecular weight is 202 g/mol. The molecular formula is C9H12ClNO2. The molecule has 0 radical (unpaired) electrons. The maximum Gasteiger partial charge on any atom is 0.145 e. The Labute approximate surface area is 82.4 Å². The number of ether oxygens (including phenoxy) is 2. The quantitative estimate of drug-likeness (QED) is 0.764. The maximum absolute atomic E-state index is 5.84. The van der Waals surface area contributed by atoms with Gasteiger partial charge in [0, 0.05) is 6.07 Å². The zero-order valence-corrected chi connectivity index (χ0v) is 8.39. The lowest BCUT2D eigenvalue weighted by Gasteiger charge is -2.09. The Morgan fingerprint density at radius 2 is 2.08 bits per heavy atom. The summed E-state index contributed by atoms with van der Waals surface area (Å²) in [6.07, 6.45) is 0. The van der Waals surface area contributed by atoms with E-state index in [4.69, 9.17) is 26.8 Å². The third-order valence-electron chi connectivity index (χ3n) is 1.58. The van der Waals surface area contributed by atoms with Crippen LogP contribution < -0.4 is 15.2 Å². The summed E-state index contributed by atoms with van der Waals surface area (Å²) in [5.74, 6) is 1.17. The van der Waals surface area contributed by atoms with Crippen LogP contribution in [0.4, 0.5) is 5.69 Å². The van der Waals surface area contributed by atoms with Gasteiger partial charge in [-0.25, -0.2) is 0 Å². The van der Waals surface area contributed by atoms with Crippen molar-refractivity contribution in [2.75, 3.05) is 19.5 Å². The van der Waals surface area contributed by atoms with Crippen molar-refractivity contribution in [3.8, 4) is 11.5 Å². The number of hydrogen-bond donors (Lipinski definition) is 1. The molecule has 0 fully saturated rings. The zero-order valence-electron chi connectivity index (χ0n) is 7.63. The van der Waals surface area contributed by atoms with Crippen LogP contribution in [0.15, 0.2) is 12.1 Å². The summed E-state index contributed by atoms with van der Waals surface area (Å²) < 4.78 is 10.3. The SMILES string of the molecule is CCOc1cc(OC)c(Cl)cc1N. The first-order valence-corrected chi connectivity index (χ1v) is 4.32. The first kappa shape index (κ1) is 9.99. The van der Waals surface area contributed by atoms with E-state index in [0.29, 0.717) is 28.8 Å². The predicted molar refractivity (Wildman–Crippen MR) is 53.6 cm³/mol. The minimum atomic E-state index is 0.489. The van der Waals surface area contributed by atoms with Crippen molar-refractivity contribution in [3.63, 3.8) is 0 Å². The van der Waals surface area contributed by atoms with E-state index in [1.807, 2.05) is 6.92 Å². The van der Waals surface area contributed by atoms with Gasteiger partial charge in [0.2, 0.25) is 0 Å². The second-order valence-corrected chi connectivity index (χ2v) is 2.86. The van der Waals surface area contributed by atoms with E-state index in [2.05, 4.69) is 0 Å². The molecule has 0 saturated carbocycles. The van der Waals surface area contributed by atoms with Gasteiger partial charge in [-0.2, -0.15) is 0 Å². The van der Waals surface area contributed by atoms with Crippen molar-refractivity contribution in [1.29, 1.82) is 0 Å². The molecule has 0 saturated heterocycles. The van der Waals surface area contributed by atoms with E-state index in [9.17, 15) is 0 Å². The van der Waals surface area contributed by atoms with Gasteiger partial charge in [-0.15, -0.1) is 0 Å². The van der Waals surface area contributed by atoms with Crippen molar-refractivity contribution < 1.29 is 9.47 Å². The highest BCUT2D eigenvalue weighted by Gasteiger charge is 2.06. The Bertz CT molecular complexity index is 302. The van der Waals surface area contributed by atoms with E-state index in [-0.39, 0.29) is 0 Å². The average Bonchev–Trinajstić information content (AvgIpc) is 2.10. The number of methoxy groups -OCH3 is 1. The number of benzene rings is 1. The summed E-state index contributed by atoms with van der Waals surface area (Å²) in [5, 5.41) is 0.489. The Hall–Kier alpha value is -1.09. The number of nitrogen functional groups attached to an aromatic ring is 1. The molecule has 72 valence electrons. The van der Waals surface area contributed by atoms with Crippen LogP contribution in [0.2, 0.25) is 5.02 Å². The number of anilines is 1. The Morgan fingerprint density at radius 3 is 2.62 bits per heavy atom. The lowest BCUT2D eigenvalue weighted by atomic mass is 10.3. The largest absolute Gasteiger partial charge is 0.495 e. The highest BCUT2D eigenvalue weighted by molar-refractivity contribution is 6.32. The van der Waals surface area contributed by atoms with Gasteiger partial charge in [0.15, 0.2) is 0 Å². The number of nitrogens with two attached hydrogens (primary N) is 1. The van der Waals surface area contributed by atoms with Gasteiger partial charge >= 0.3 is 0 Å². The second-order valence-electron chi connectivity index (χ2n) is 2.46. The van der Waals surface area contributed by atoms with Crippen LogP contribution in [0.25, 0.3) is 0 Å². The van der Waals surface area contributed by atoms with Crippen molar-refractivity contribution in [3.05, 3.63) is 17.2 Å².